The molecule has 1 rings (SSSR count). The molecular formula is C10H17NO3. The van der Waals surface area contributed by atoms with Crippen molar-refractivity contribution in [3.8, 4) is 0 Å². The highest BCUT2D eigenvalue weighted by Crippen LogP contribution is 2.27. The van der Waals surface area contributed by atoms with Gasteiger partial charge in [-0.25, -0.2) is 0 Å². The summed E-state index contributed by atoms with van der Waals surface area (Å²) in [7, 11) is 0. The number of hydrogen-bond acceptors (Lipinski definition) is 3. The minimum atomic E-state index is -0.345. The molecule has 1 N–H and O–H groups in total. The van der Waals surface area contributed by atoms with Crippen LogP contribution < -0.4 is 0 Å². The van der Waals surface area contributed by atoms with E-state index in [9.17, 15) is 9.59 Å². The third kappa shape index (κ3) is 1.54. The van der Waals surface area contributed by atoms with Gasteiger partial charge in [-0.1, -0.05) is 20.8 Å². The number of amides is 2. The quantitative estimate of drug-likeness (QED) is 0.669. The third-order valence-electron chi connectivity index (χ3n) is 3.05. The maximum Gasteiger partial charge on any atom is 0.233 e. The topological polar surface area (TPSA) is 57.6 Å². The van der Waals surface area contributed by atoms with Gasteiger partial charge in [0.05, 0.1) is 12.6 Å². The largest absolute Gasteiger partial charge is 0.394 e. The van der Waals surface area contributed by atoms with Gasteiger partial charge in [0.1, 0.15) is 0 Å². The summed E-state index contributed by atoms with van der Waals surface area (Å²) in [5.74, 6) is -0.794. The molecule has 1 heterocycles. The van der Waals surface area contributed by atoms with Gasteiger partial charge in [0.25, 0.3) is 0 Å². The molecule has 0 saturated carbocycles. The third-order valence-corrected chi connectivity index (χ3v) is 3.05. The van der Waals surface area contributed by atoms with Gasteiger partial charge in [-0.2, -0.15) is 0 Å². The van der Waals surface area contributed by atoms with Gasteiger partial charge in [-0.3, -0.25) is 14.5 Å². The van der Waals surface area contributed by atoms with Crippen LogP contribution in [0, 0.1) is 11.8 Å². The molecular weight excluding hydrogens is 182 g/mol. The van der Waals surface area contributed by atoms with Crippen LogP contribution in [-0.2, 0) is 9.59 Å². The lowest BCUT2D eigenvalue weighted by Crippen LogP contribution is -2.42. The first kappa shape index (κ1) is 11.2. The first-order valence-corrected chi connectivity index (χ1v) is 5.02. The average Bonchev–Trinajstić information content (AvgIpc) is 2.37. The molecule has 1 fully saturated rings. The second kappa shape index (κ2) is 4.09. The lowest BCUT2D eigenvalue weighted by atomic mass is 10.00. The van der Waals surface area contributed by atoms with Crippen molar-refractivity contribution in [3.63, 3.8) is 0 Å². The second-order valence-corrected chi connectivity index (χ2v) is 3.87. The van der Waals surface area contributed by atoms with Crippen molar-refractivity contribution >= 4 is 11.8 Å². The van der Waals surface area contributed by atoms with Crippen LogP contribution in [0.25, 0.3) is 0 Å². The molecule has 2 unspecified atom stereocenters. The van der Waals surface area contributed by atoms with E-state index < -0.39 is 0 Å². The minimum Gasteiger partial charge on any atom is -0.394 e. The zero-order valence-electron chi connectivity index (χ0n) is 8.86. The summed E-state index contributed by atoms with van der Waals surface area (Å²) in [5.41, 5.74) is 0. The molecule has 0 aliphatic carbocycles. The maximum absolute atomic E-state index is 11.7. The summed E-state index contributed by atoms with van der Waals surface area (Å²) >= 11 is 0. The van der Waals surface area contributed by atoms with Gasteiger partial charge in [0.15, 0.2) is 0 Å². The predicted molar refractivity (Wildman–Crippen MR) is 51.3 cm³/mol. The summed E-state index contributed by atoms with van der Waals surface area (Å²) in [6.45, 7) is 5.23. The highest BCUT2D eigenvalue weighted by Gasteiger charge is 2.44. The number of imide groups is 1. The predicted octanol–water partition coefficient (Wildman–Crippen LogP) is 0.398. The monoisotopic (exact) mass is 199 g/mol. The Bertz CT molecular complexity index is 228. The van der Waals surface area contributed by atoms with E-state index in [0.29, 0.717) is 6.42 Å². The molecule has 80 valence electrons. The van der Waals surface area contributed by atoms with Crippen molar-refractivity contribution < 1.29 is 14.7 Å². The van der Waals surface area contributed by atoms with Gasteiger partial charge in [0, 0.05) is 11.8 Å². The van der Waals surface area contributed by atoms with Crippen molar-refractivity contribution in [1.29, 1.82) is 0 Å². The summed E-state index contributed by atoms with van der Waals surface area (Å²) in [6.07, 6.45) is 0.605. The van der Waals surface area contributed by atoms with E-state index in [0.717, 1.165) is 0 Å². The smallest absolute Gasteiger partial charge is 0.233 e. The molecule has 0 aromatic heterocycles. The highest BCUT2D eigenvalue weighted by molar-refractivity contribution is 6.05. The Hall–Kier alpha value is -0.900. The minimum absolute atomic E-state index is 0.145. The van der Waals surface area contributed by atoms with Crippen LogP contribution in [0.5, 0.6) is 0 Å². The standard InChI is InChI=1S/C10H17NO3/c1-4-8(5-12)11-9(13)6(2)7(3)10(11)14/h6-8,12H,4-5H2,1-3H3/t6?,7?,8-/m1/s1. The molecule has 3 atom stereocenters. The summed E-state index contributed by atoms with van der Waals surface area (Å²) in [4.78, 5) is 24.6. The normalized spacial score (nSPS) is 29.9. The van der Waals surface area contributed by atoms with E-state index in [2.05, 4.69) is 0 Å². The Morgan fingerprint density at radius 1 is 1.29 bits per heavy atom. The highest BCUT2D eigenvalue weighted by atomic mass is 16.3. The first-order chi connectivity index (χ1) is 6.54. The van der Waals surface area contributed by atoms with E-state index in [1.54, 1.807) is 13.8 Å². The molecule has 4 nitrogen and oxygen atoms in total. The summed E-state index contributed by atoms with van der Waals surface area (Å²) < 4.78 is 0. The molecule has 0 spiro atoms. The number of carbonyl (C=O) groups is 2. The van der Waals surface area contributed by atoms with Crippen LogP contribution in [0.2, 0.25) is 0 Å². The summed E-state index contributed by atoms with van der Waals surface area (Å²) in [5, 5.41) is 9.05. The molecule has 1 aliphatic rings. The van der Waals surface area contributed by atoms with Crippen LogP contribution in [0.1, 0.15) is 27.2 Å². The number of nitrogens with zero attached hydrogens (tertiary/aromatic N) is 1. The van der Waals surface area contributed by atoms with Crippen molar-refractivity contribution in [2.24, 2.45) is 11.8 Å². The van der Waals surface area contributed by atoms with Crippen LogP contribution in [0.15, 0.2) is 0 Å². The van der Waals surface area contributed by atoms with E-state index in [1.165, 1.54) is 4.90 Å². The molecule has 0 aromatic rings. The Balaban J connectivity index is 2.89. The number of aliphatic hydroxyl groups is 1. The first-order valence-electron chi connectivity index (χ1n) is 5.02. The Morgan fingerprint density at radius 2 is 1.71 bits per heavy atom. The molecule has 0 bridgehead atoms. The molecule has 0 aromatic carbocycles. The van der Waals surface area contributed by atoms with Crippen molar-refractivity contribution in [1.82, 2.24) is 4.90 Å². The van der Waals surface area contributed by atoms with Crippen molar-refractivity contribution in [2.75, 3.05) is 6.61 Å². The molecule has 0 radical (unpaired) electrons. The van der Waals surface area contributed by atoms with Gasteiger partial charge < -0.3 is 5.11 Å². The second-order valence-electron chi connectivity index (χ2n) is 3.87. The van der Waals surface area contributed by atoms with Crippen LogP contribution in [0.4, 0.5) is 0 Å². The van der Waals surface area contributed by atoms with E-state index in [1.807, 2.05) is 6.92 Å². The maximum atomic E-state index is 11.7. The number of rotatable bonds is 3. The van der Waals surface area contributed by atoms with Crippen LogP contribution >= 0.6 is 0 Å². The van der Waals surface area contributed by atoms with Gasteiger partial charge in [0.2, 0.25) is 11.8 Å². The van der Waals surface area contributed by atoms with Gasteiger partial charge >= 0.3 is 0 Å². The fraction of sp³-hybridized carbons (Fsp3) is 0.800. The average molecular weight is 199 g/mol. The fourth-order valence-corrected chi connectivity index (χ4v) is 1.73. The number of likely N-dealkylation sites (tertiary alicyclic amines) is 1. The van der Waals surface area contributed by atoms with E-state index >= 15 is 0 Å². The van der Waals surface area contributed by atoms with Gasteiger partial charge in [-0.05, 0) is 6.42 Å². The van der Waals surface area contributed by atoms with Crippen LogP contribution in [0.3, 0.4) is 0 Å². The van der Waals surface area contributed by atoms with Crippen molar-refractivity contribution in [3.05, 3.63) is 0 Å². The zero-order valence-corrected chi connectivity index (χ0v) is 8.86. The molecule has 14 heavy (non-hydrogen) atoms. The molecule has 4 heteroatoms. The molecule has 1 aliphatic heterocycles. The van der Waals surface area contributed by atoms with Crippen molar-refractivity contribution in [2.45, 2.75) is 33.2 Å². The zero-order chi connectivity index (χ0) is 10.9. The summed E-state index contributed by atoms with van der Waals surface area (Å²) in [6, 6.07) is -0.345. The lowest BCUT2D eigenvalue weighted by molar-refractivity contribution is -0.143. The van der Waals surface area contributed by atoms with E-state index in [4.69, 9.17) is 5.11 Å². The molecule has 2 amide bonds. The fourth-order valence-electron chi connectivity index (χ4n) is 1.73. The lowest BCUT2D eigenvalue weighted by Gasteiger charge is -2.23. The number of aliphatic hydroxyl groups excluding tert-OH is 1. The Morgan fingerprint density at radius 3 is 2.00 bits per heavy atom. The van der Waals surface area contributed by atoms with Gasteiger partial charge in [-0.15, -0.1) is 0 Å². The SMILES string of the molecule is CC[C@H](CO)N1C(=O)C(C)C(C)C1=O. The molecule has 1 saturated heterocycles. The Kier molecular flexibility index (Phi) is 3.26. The number of carbonyl (C=O) groups excluding carboxylic acids is 2. The van der Waals surface area contributed by atoms with E-state index in [-0.39, 0.29) is 36.3 Å². The van der Waals surface area contributed by atoms with Crippen LogP contribution in [-0.4, -0.2) is 34.5 Å². The number of hydrogen-bond donors (Lipinski definition) is 1. The Labute approximate surface area is 83.9 Å².